The number of rotatable bonds is 2. The fraction of sp³-hybridized carbons (Fsp3) is 0.714. The third kappa shape index (κ3) is 2.14. The van der Waals surface area contributed by atoms with Crippen molar-refractivity contribution in [1.82, 2.24) is 9.36 Å². The van der Waals surface area contributed by atoms with E-state index >= 15 is 0 Å². The predicted molar refractivity (Wildman–Crippen MR) is 48.2 cm³/mol. The molecule has 2 nitrogen and oxygen atoms in total. The van der Waals surface area contributed by atoms with Gasteiger partial charge < -0.3 is 0 Å². The lowest BCUT2D eigenvalue weighted by Gasteiger charge is -2.10. The molecule has 0 aromatic carbocycles. The van der Waals surface area contributed by atoms with Crippen LogP contribution in [-0.4, -0.2) is 9.36 Å². The average Bonchev–Trinajstić information content (AvgIpc) is 2.34. The van der Waals surface area contributed by atoms with Crippen LogP contribution in [0.5, 0.6) is 0 Å². The molecule has 1 atom stereocenters. The van der Waals surface area contributed by atoms with Crippen LogP contribution in [-0.2, 0) is 0 Å². The molecule has 0 radical (unpaired) electrons. The van der Waals surface area contributed by atoms with Crippen molar-refractivity contribution in [2.45, 2.75) is 26.7 Å². The summed E-state index contributed by atoms with van der Waals surface area (Å²) < 4.78 is 3.92. The Labute approximate surface area is 75.8 Å². The van der Waals surface area contributed by atoms with E-state index in [-0.39, 0.29) is 0 Å². The molecule has 0 bridgehead atoms. The molecule has 1 aromatic heterocycles. The highest BCUT2D eigenvalue weighted by Gasteiger charge is 2.14. The van der Waals surface area contributed by atoms with Gasteiger partial charge in [0, 0.05) is 5.92 Å². The molecular formula is C7H11ClN2S. The smallest absolute Gasteiger partial charge is 0.209 e. The van der Waals surface area contributed by atoms with Crippen LogP contribution in [0, 0.1) is 5.92 Å². The van der Waals surface area contributed by atoms with Crippen molar-refractivity contribution in [2.24, 2.45) is 5.92 Å². The molecule has 11 heavy (non-hydrogen) atoms. The van der Waals surface area contributed by atoms with Crippen molar-refractivity contribution in [1.29, 1.82) is 0 Å². The summed E-state index contributed by atoms with van der Waals surface area (Å²) in [5.74, 6) is 1.05. The monoisotopic (exact) mass is 190 g/mol. The van der Waals surface area contributed by atoms with Crippen LogP contribution in [0.25, 0.3) is 0 Å². The molecule has 62 valence electrons. The quantitative estimate of drug-likeness (QED) is 0.717. The summed E-state index contributed by atoms with van der Waals surface area (Å²) in [6, 6.07) is 0. The zero-order valence-electron chi connectivity index (χ0n) is 6.84. The summed E-state index contributed by atoms with van der Waals surface area (Å²) in [5, 5.41) is 1.41. The van der Waals surface area contributed by atoms with E-state index in [1.54, 1.807) is 0 Å². The first kappa shape index (κ1) is 8.94. The highest BCUT2D eigenvalue weighted by Crippen LogP contribution is 2.25. The van der Waals surface area contributed by atoms with Crippen LogP contribution in [0.2, 0.25) is 5.28 Å². The molecule has 0 saturated heterocycles. The molecule has 1 heterocycles. The van der Waals surface area contributed by atoms with Gasteiger partial charge in [-0.15, -0.1) is 0 Å². The van der Waals surface area contributed by atoms with Crippen LogP contribution in [0.15, 0.2) is 0 Å². The summed E-state index contributed by atoms with van der Waals surface area (Å²) in [6.45, 7) is 6.47. The molecule has 1 aromatic rings. The standard InChI is InChI=1S/C7H11ClN2S/c1-4(2)5(3)6-9-7(8)10-11-6/h4-5H,1-3H3. The van der Waals surface area contributed by atoms with E-state index in [9.17, 15) is 0 Å². The maximum atomic E-state index is 5.60. The SMILES string of the molecule is CC(C)C(C)c1nc(Cl)ns1. The Balaban J connectivity index is 2.76. The van der Waals surface area contributed by atoms with Gasteiger partial charge in [0.2, 0.25) is 5.28 Å². The Morgan fingerprint density at radius 2 is 2.00 bits per heavy atom. The van der Waals surface area contributed by atoms with Gasteiger partial charge in [0.1, 0.15) is 5.01 Å². The van der Waals surface area contributed by atoms with Crippen molar-refractivity contribution in [3.05, 3.63) is 10.3 Å². The molecule has 0 aliphatic rings. The second-order valence-electron chi connectivity index (χ2n) is 2.93. The van der Waals surface area contributed by atoms with Crippen LogP contribution >= 0.6 is 23.1 Å². The first-order valence-electron chi connectivity index (χ1n) is 3.60. The molecule has 1 unspecified atom stereocenters. The topological polar surface area (TPSA) is 25.8 Å². The number of aromatic nitrogens is 2. The average molecular weight is 191 g/mol. The van der Waals surface area contributed by atoms with Crippen LogP contribution in [0.4, 0.5) is 0 Å². The molecule has 0 fully saturated rings. The minimum Gasteiger partial charge on any atom is -0.209 e. The van der Waals surface area contributed by atoms with E-state index in [0.29, 0.717) is 17.1 Å². The van der Waals surface area contributed by atoms with Crippen molar-refractivity contribution >= 4 is 23.1 Å². The lowest BCUT2D eigenvalue weighted by Crippen LogP contribution is -2.00. The summed E-state index contributed by atoms with van der Waals surface area (Å²) in [4.78, 5) is 4.10. The summed E-state index contributed by atoms with van der Waals surface area (Å²) in [5.41, 5.74) is 0. The lowest BCUT2D eigenvalue weighted by molar-refractivity contribution is 0.533. The second kappa shape index (κ2) is 3.50. The maximum absolute atomic E-state index is 5.60. The van der Waals surface area contributed by atoms with Crippen molar-refractivity contribution in [3.8, 4) is 0 Å². The Hall–Kier alpha value is -0.150. The van der Waals surface area contributed by atoms with E-state index in [0.717, 1.165) is 5.01 Å². The molecule has 0 aliphatic carbocycles. The number of nitrogens with zero attached hydrogens (tertiary/aromatic N) is 2. The van der Waals surface area contributed by atoms with Crippen LogP contribution in [0.1, 0.15) is 31.7 Å². The van der Waals surface area contributed by atoms with E-state index in [2.05, 4.69) is 30.1 Å². The van der Waals surface area contributed by atoms with Gasteiger partial charge in [0.05, 0.1) is 0 Å². The third-order valence-corrected chi connectivity index (χ3v) is 2.99. The fourth-order valence-corrected chi connectivity index (χ4v) is 1.71. The second-order valence-corrected chi connectivity index (χ2v) is 4.06. The van der Waals surface area contributed by atoms with Gasteiger partial charge in [-0.1, -0.05) is 20.8 Å². The van der Waals surface area contributed by atoms with Crippen molar-refractivity contribution in [2.75, 3.05) is 0 Å². The molecule has 0 amide bonds. The zero-order chi connectivity index (χ0) is 8.43. The van der Waals surface area contributed by atoms with Gasteiger partial charge in [-0.2, -0.15) is 4.37 Å². The van der Waals surface area contributed by atoms with Gasteiger partial charge in [0.25, 0.3) is 0 Å². The number of halogens is 1. The minimum atomic E-state index is 0.373. The van der Waals surface area contributed by atoms with E-state index < -0.39 is 0 Å². The van der Waals surface area contributed by atoms with Crippen LogP contribution in [0.3, 0.4) is 0 Å². The molecule has 0 aliphatic heterocycles. The molecule has 0 saturated carbocycles. The van der Waals surface area contributed by atoms with Crippen molar-refractivity contribution < 1.29 is 0 Å². The fourth-order valence-electron chi connectivity index (χ4n) is 0.686. The van der Waals surface area contributed by atoms with E-state index in [1.807, 2.05) is 0 Å². The molecule has 1 rings (SSSR count). The van der Waals surface area contributed by atoms with Gasteiger partial charge >= 0.3 is 0 Å². The van der Waals surface area contributed by atoms with Crippen LogP contribution < -0.4 is 0 Å². The Morgan fingerprint density at radius 1 is 1.36 bits per heavy atom. The zero-order valence-corrected chi connectivity index (χ0v) is 8.41. The summed E-state index contributed by atoms with van der Waals surface area (Å²) >= 11 is 6.99. The number of hydrogen-bond acceptors (Lipinski definition) is 3. The predicted octanol–water partition coefficient (Wildman–Crippen LogP) is 2.95. The lowest BCUT2D eigenvalue weighted by atomic mass is 9.99. The van der Waals surface area contributed by atoms with E-state index in [4.69, 9.17) is 11.6 Å². The van der Waals surface area contributed by atoms with Gasteiger partial charge in [-0.3, -0.25) is 0 Å². The van der Waals surface area contributed by atoms with E-state index in [1.165, 1.54) is 11.5 Å². The Bertz CT molecular complexity index is 234. The molecule has 4 heteroatoms. The Morgan fingerprint density at radius 3 is 2.36 bits per heavy atom. The van der Waals surface area contributed by atoms with Gasteiger partial charge in [0.15, 0.2) is 0 Å². The van der Waals surface area contributed by atoms with Gasteiger partial charge in [-0.25, -0.2) is 4.98 Å². The Kier molecular flexibility index (Phi) is 2.84. The highest BCUT2D eigenvalue weighted by molar-refractivity contribution is 7.05. The first-order chi connectivity index (χ1) is 5.11. The first-order valence-corrected chi connectivity index (χ1v) is 4.75. The highest BCUT2D eigenvalue weighted by atomic mass is 35.5. The van der Waals surface area contributed by atoms with Crippen molar-refractivity contribution in [3.63, 3.8) is 0 Å². The largest absolute Gasteiger partial charge is 0.234 e. The summed E-state index contributed by atoms with van der Waals surface area (Å²) in [7, 11) is 0. The minimum absolute atomic E-state index is 0.373. The molecule has 0 N–H and O–H groups in total. The normalized spacial score (nSPS) is 13.9. The number of hydrogen-bond donors (Lipinski definition) is 0. The molecule has 0 spiro atoms. The summed E-state index contributed by atoms with van der Waals surface area (Å²) in [6.07, 6.45) is 0. The molecular weight excluding hydrogens is 180 g/mol. The maximum Gasteiger partial charge on any atom is 0.234 e. The third-order valence-electron chi connectivity index (χ3n) is 1.81. The van der Waals surface area contributed by atoms with Gasteiger partial charge in [-0.05, 0) is 29.1 Å².